The molecule has 0 aliphatic carbocycles. The largest absolute Gasteiger partial charge is 0.492 e. The molecule has 0 spiro atoms. The molecule has 0 unspecified atom stereocenters. The van der Waals surface area contributed by atoms with E-state index >= 15 is 0 Å². The van der Waals surface area contributed by atoms with Crippen molar-refractivity contribution in [2.75, 3.05) is 30.3 Å². The lowest BCUT2D eigenvalue weighted by Crippen LogP contribution is -2.49. The molecule has 132 valence electrons. The zero-order valence-electron chi connectivity index (χ0n) is 14.6. The summed E-state index contributed by atoms with van der Waals surface area (Å²) in [4.78, 5) is 10.8. The van der Waals surface area contributed by atoms with Crippen LogP contribution in [0.15, 0.2) is 30.3 Å². The van der Waals surface area contributed by atoms with Gasteiger partial charge >= 0.3 is 0 Å². The van der Waals surface area contributed by atoms with Gasteiger partial charge in [0.1, 0.15) is 18.2 Å². The first-order valence-corrected chi connectivity index (χ1v) is 9.00. The number of anilines is 2. The molecule has 25 heavy (non-hydrogen) atoms. The van der Waals surface area contributed by atoms with Gasteiger partial charge in [0.05, 0.1) is 0 Å². The highest BCUT2D eigenvalue weighted by Crippen LogP contribution is 2.25. The van der Waals surface area contributed by atoms with Crippen LogP contribution in [0, 0.1) is 6.92 Å². The fourth-order valence-electron chi connectivity index (χ4n) is 3.78. The highest BCUT2D eigenvalue weighted by Gasteiger charge is 2.25. The first-order valence-electron chi connectivity index (χ1n) is 9.00. The molecule has 0 saturated carbocycles. The third kappa shape index (κ3) is 3.69. The predicted octanol–water partition coefficient (Wildman–Crippen LogP) is 1.93. The number of aryl methyl sites for hydroxylation is 1. The van der Waals surface area contributed by atoms with Crippen LogP contribution in [0.25, 0.3) is 0 Å². The smallest absolute Gasteiger partial charge is 0.222 e. The van der Waals surface area contributed by atoms with Crippen molar-refractivity contribution in [1.29, 1.82) is 0 Å². The first kappa shape index (κ1) is 16.1. The van der Waals surface area contributed by atoms with Crippen LogP contribution in [-0.2, 0) is 6.42 Å². The van der Waals surface area contributed by atoms with Crippen molar-refractivity contribution in [1.82, 2.24) is 15.3 Å². The summed E-state index contributed by atoms with van der Waals surface area (Å²) in [7, 11) is 0. The molecule has 6 heteroatoms. The Kier molecular flexibility index (Phi) is 4.44. The van der Waals surface area contributed by atoms with E-state index in [1.165, 1.54) is 5.56 Å². The minimum atomic E-state index is 0.355. The quantitative estimate of drug-likeness (QED) is 0.890. The topological polar surface area (TPSA) is 76.3 Å². The molecule has 3 N–H and O–H groups in total. The van der Waals surface area contributed by atoms with Gasteiger partial charge in [-0.1, -0.05) is 18.2 Å². The molecule has 3 heterocycles. The van der Waals surface area contributed by atoms with Crippen LogP contribution in [0.4, 0.5) is 11.8 Å². The van der Waals surface area contributed by atoms with Crippen LogP contribution in [0.2, 0.25) is 0 Å². The molecule has 1 aromatic heterocycles. The number of ether oxygens (including phenoxy) is 1. The monoisotopic (exact) mass is 339 g/mol. The van der Waals surface area contributed by atoms with Crippen molar-refractivity contribution in [3.63, 3.8) is 0 Å². The van der Waals surface area contributed by atoms with Crippen molar-refractivity contribution in [2.24, 2.45) is 0 Å². The second-order valence-corrected chi connectivity index (χ2v) is 6.97. The lowest BCUT2D eigenvalue weighted by Gasteiger charge is -2.36. The van der Waals surface area contributed by atoms with E-state index in [-0.39, 0.29) is 0 Å². The summed E-state index contributed by atoms with van der Waals surface area (Å²) in [5.74, 6) is 2.33. The number of rotatable bonds is 3. The molecule has 1 fully saturated rings. The summed E-state index contributed by atoms with van der Waals surface area (Å²) in [5, 5.41) is 3.78. The van der Waals surface area contributed by atoms with E-state index in [0.717, 1.165) is 56.2 Å². The third-order valence-corrected chi connectivity index (χ3v) is 5.03. The van der Waals surface area contributed by atoms with Gasteiger partial charge in [-0.05, 0) is 37.8 Å². The van der Waals surface area contributed by atoms with Crippen molar-refractivity contribution in [2.45, 2.75) is 38.3 Å². The summed E-state index contributed by atoms with van der Waals surface area (Å²) < 4.78 is 5.89. The molecule has 1 atom stereocenters. The minimum absolute atomic E-state index is 0.355. The van der Waals surface area contributed by atoms with Gasteiger partial charge in [-0.2, -0.15) is 4.98 Å². The Morgan fingerprint density at radius 3 is 2.76 bits per heavy atom. The zero-order valence-corrected chi connectivity index (χ0v) is 14.6. The van der Waals surface area contributed by atoms with Crippen molar-refractivity contribution in [3.8, 4) is 5.75 Å². The molecule has 2 aliphatic heterocycles. The van der Waals surface area contributed by atoms with E-state index in [1.807, 2.05) is 19.1 Å². The van der Waals surface area contributed by atoms with Crippen LogP contribution in [-0.4, -0.2) is 41.7 Å². The van der Waals surface area contributed by atoms with Crippen LogP contribution < -0.4 is 20.7 Å². The SMILES string of the molecule is Cc1cc(N2CCC(N[C@H]3COc4ccccc4C3)CC2)nc(N)n1. The Morgan fingerprint density at radius 2 is 1.96 bits per heavy atom. The molecule has 6 nitrogen and oxygen atoms in total. The summed E-state index contributed by atoms with van der Waals surface area (Å²) in [6.45, 7) is 4.67. The minimum Gasteiger partial charge on any atom is -0.492 e. The normalized spacial score (nSPS) is 20.8. The van der Waals surface area contributed by atoms with E-state index in [4.69, 9.17) is 10.5 Å². The van der Waals surface area contributed by atoms with Gasteiger partial charge in [-0.25, -0.2) is 4.98 Å². The fraction of sp³-hybridized carbons (Fsp3) is 0.474. The highest BCUT2D eigenvalue weighted by molar-refractivity contribution is 5.43. The summed E-state index contributed by atoms with van der Waals surface area (Å²) in [6.07, 6.45) is 3.24. The summed E-state index contributed by atoms with van der Waals surface area (Å²) >= 11 is 0. The molecule has 1 aromatic carbocycles. The number of nitrogens with zero attached hydrogens (tertiary/aromatic N) is 3. The average molecular weight is 339 g/mol. The third-order valence-electron chi connectivity index (χ3n) is 5.03. The molecular formula is C19H25N5O. The maximum absolute atomic E-state index is 5.89. The number of aromatic nitrogens is 2. The number of nitrogens with two attached hydrogens (primary N) is 1. The Balaban J connectivity index is 1.32. The van der Waals surface area contributed by atoms with E-state index in [2.05, 4.69) is 38.4 Å². The van der Waals surface area contributed by atoms with Crippen LogP contribution in [0.1, 0.15) is 24.1 Å². The Labute approximate surface area is 148 Å². The summed E-state index contributed by atoms with van der Waals surface area (Å²) in [6, 6.07) is 11.3. The van der Waals surface area contributed by atoms with Gasteiger partial charge in [0, 0.05) is 36.9 Å². The van der Waals surface area contributed by atoms with Gasteiger partial charge in [-0.15, -0.1) is 0 Å². The first-order chi connectivity index (χ1) is 12.2. The lowest BCUT2D eigenvalue weighted by molar-refractivity contribution is 0.219. The number of fused-ring (bicyclic) bond motifs is 1. The maximum Gasteiger partial charge on any atom is 0.222 e. The molecular weight excluding hydrogens is 314 g/mol. The van der Waals surface area contributed by atoms with Crippen LogP contribution in [0.5, 0.6) is 5.75 Å². The van der Waals surface area contributed by atoms with Crippen LogP contribution in [0.3, 0.4) is 0 Å². The predicted molar refractivity (Wildman–Crippen MR) is 99.0 cm³/mol. The van der Waals surface area contributed by atoms with Crippen molar-refractivity contribution < 1.29 is 4.74 Å². The Morgan fingerprint density at radius 1 is 1.16 bits per heavy atom. The average Bonchev–Trinajstić information content (AvgIpc) is 2.61. The molecule has 1 saturated heterocycles. The zero-order chi connectivity index (χ0) is 17.2. The second-order valence-electron chi connectivity index (χ2n) is 6.97. The van der Waals surface area contributed by atoms with E-state index in [0.29, 0.717) is 18.0 Å². The number of nitrogen functional groups attached to an aromatic ring is 1. The molecule has 2 aromatic rings. The fourth-order valence-corrected chi connectivity index (χ4v) is 3.78. The summed E-state index contributed by atoms with van der Waals surface area (Å²) in [5.41, 5.74) is 8.00. The molecule has 0 amide bonds. The molecule has 2 aliphatic rings. The number of hydrogen-bond donors (Lipinski definition) is 2. The van der Waals surface area contributed by atoms with Crippen LogP contribution >= 0.6 is 0 Å². The highest BCUT2D eigenvalue weighted by atomic mass is 16.5. The van der Waals surface area contributed by atoms with E-state index in [9.17, 15) is 0 Å². The number of nitrogens with one attached hydrogen (secondary N) is 1. The van der Waals surface area contributed by atoms with Gasteiger partial charge < -0.3 is 20.7 Å². The number of piperidine rings is 1. The van der Waals surface area contributed by atoms with Crippen molar-refractivity contribution >= 4 is 11.8 Å². The van der Waals surface area contributed by atoms with Gasteiger partial charge in [0.2, 0.25) is 5.95 Å². The van der Waals surface area contributed by atoms with E-state index in [1.54, 1.807) is 0 Å². The Bertz CT molecular complexity index is 722. The molecule has 0 bridgehead atoms. The van der Waals surface area contributed by atoms with Gasteiger partial charge in [0.15, 0.2) is 0 Å². The van der Waals surface area contributed by atoms with Crippen molar-refractivity contribution in [3.05, 3.63) is 41.6 Å². The molecule has 4 rings (SSSR count). The number of para-hydroxylation sites is 1. The van der Waals surface area contributed by atoms with E-state index < -0.39 is 0 Å². The number of benzene rings is 1. The second kappa shape index (κ2) is 6.88. The van der Waals surface area contributed by atoms with Gasteiger partial charge in [0.25, 0.3) is 0 Å². The maximum atomic E-state index is 5.89. The number of hydrogen-bond acceptors (Lipinski definition) is 6. The lowest BCUT2D eigenvalue weighted by atomic mass is 9.99. The Hall–Kier alpha value is -2.34. The molecule has 0 radical (unpaired) electrons. The standard InChI is InChI=1S/C19H25N5O/c1-13-10-18(23-19(20)21-13)24-8-6-15(7-9-24)22-16-11-14-4-2-3-5-17(14)25-12-16/h2-5,10,15-16,22H,6-9,11-12H2,1H3,(H2,20,21,23)/t16-/m1/s1. The van der Waals surface area contributed by atoms with Gasteiger partial charge in [-0.3, -0.25) is 0 Å².